The van der Waals surface area contributed by atoms with E-state index in [0.717, 1.165) is 12.8 Å². The Labute approximate surface area is 93.6 Å². The Hall–Kier alpha value is -1.69. The number of amides is 1. The second-order valence-electron chi connectivity index (χ2n) is 3.99. The summed E-state index contributed by atoms with van der Waals surface area (Å²) in [4.78, 5) is 11.2. The van der Waals surface area contributed by atoms with Gasteiger partial charge in [-0.2, -0.15) is 0 Å². The quantitative estimate of drug-likeness (QED) is 0.651. The molecule has 0 bridgehead atoms. The molecule has 4 N–H and O–H groups in total. The average Bonchev–Trinajstić information content (AvgIpc) is 3.09. The second-order valence-corrected chi connectivity index (χ2v) is 3.99. The lowest BCUT2D eigenvalue weighted by Gasteiger charge is -2.14. The number of anilines is 1. The van der Waals surface area contributed by atoms with Gasteiger partial charge in [0.05, 0.1) is 5.54 Å². The normalized spacial score (nSPS) is 16.6. The fourth-order valence-electron chi connectivity index (χ4n) is 1.45. The first-order chi connectivity index (χ1) is 7.69. The first-order valence-electron chi connectivity index (χ1n) is 5.23. The number of hydrogen-bond donors (Lipinski definition) is 3. The van der Waals surface area contributed by atoms with E-state index in [-0.39, 0.29) is 11.4 Å². The molecular weight excluding hydrogens is 206 g/mol. The van der Waals surface area contributed by atoms with Crippen LogP contribution in [-0.2, 0) is 0 Å². The minimum Gasteiger partial charge on any atom is -0.362 e. The highest BCUT2D eigenvalue weighted by atomic mass is 16.1. The van der Waals surface area contributed by atoms with Crippen molar-refractivity contribution in [1.82, 2.24) is 15.5 Å². The number of rotatable bonds is 4. The van der Waals surface area contributed by atoms with Crippen LogP contribution >= 0.6 is 0 Å². The van der Waals surface area contributed by atoms with E-state index in [1.54, 1.807) is 19.2 Å². The summed E-state index contributed by atoms with van der Waals surface area (Å²) in [6.45, 7) is 0.589. The molecular formula is C10H15N5O. The Morgan fingerprint density at radius 1 is 1.50 bits per heavy atom. The van der Waals surface area contributed by atoms with Crippen LogP contribution in [-0.4, -0.2) is 35.2 Å². The van der Waals surface area contributed by atoms with Gasteiger partial charge >= 0.3 is 0 Å². The highest BCUT2D eigenvalue weighted by Gasteiger charge is 2.41. The molecule has 0 aliphatic heterocycles. The zero-order chi connectivity index (χ0) is 11.6. The third-order valence-electron chi connectivity index (χ3n) is 2.76. The SMILES string of the molecule is CNC(=O)c1ccc(NC2(CN)CC2)nn1. The summed E-state index contributed by atoms with van der Waals surface area (Å²) >= 11 is 0. The van der Waals surface area contributed by atoms with Gasteiger partial charge in [-0.1, -0.05) is 0 Å². The summed E-state index contributed by atoms with van der Waals surface area (Å²) < 4.78 is 0. The third-order valence-corrected chi connectivity index (χ3v) is 2.76. The molecule has 1 aromatic rings. The zero-order valence-electron chi connectivity index (χ0n) is 9.16. The lowest BCUT2D eigenvalue weighted by Crippen LogP contribution is -2.31. The van der Waals surface area contributed by atoms with Crippen molar-refractivity contribution in [2.24, 2.45) is 5.73 Å². The predicted molar refractivity (Wildman–Crippen MR) is 60.1 cm³/mol. The first kappa shape index (κ1) is 10.8. The molecule has 86 valence electrons. The van der Waals surface area contributed by atoms with E-state index in [2.05, 4.69) is 20.8 Å². The summed E-state index contributed by atoms with van der Waals surface area (Å²) in [6, 6.07) is 3.38. The largest absolute Gasteiger partial charge is 0.362 e. The van der Waals surface area contributed by atoms with Gasteiger partial charge in [-0.15, -0.1) is 10.2 Å². The molecule has 0 atom stereocenters. The van der Waals surface area contributed by atoms with Crippen LogP contribution in [0.4, 0.5) is 5.82 Å². The van der Waals surface area contributed by atoms with Crippen molar-refractivity contribution in [2.75, 3.05) is 18.9 Å². The molecule has 1 aromatic heterocycles. The Morgan fingerprint density at radius 2 is 2.25 bits per heavy atom. The van der Waals surface area contributed by atoms with Gasteiger partial charge in [-0.25, -0.2) is 0 Å². The van der Waals surface area contributed by atoms with E-state index in [0.29, 0.717) is 18.1 Å². The average molecular weight is 221 g/mol. The van der Waals surface area contributed by atoms with Crippen LogP contribution < -0.4 is 16.4 Å². The molecule has 0 unspecified atom stereocenters. The van der Waals surface area contributed by atoms with Gasteiger partial charge < -0.3 is 16.4 Å². The number of aromatic nitrogens is 2. The molecule has 2 rings (SSSR count). The van der Waals surface area contributed by atoms with Gasteiger partial charge in [0.1, 0.15) is 5.82 Å². The van der Waals surface area contributed by atoms with Crippen molar-refractivity contribution < 1.29 is 4.79 Å². The van der Waals surface area contributed by atoms with Crippen molar-refractivity contribution in [3.8, 4) is 0 Å². The van der Waals surface area contributed by atoms with Gasteiger partial charge in [-0.05, 0) is 25.0 Å². The summed E-state index contributed by atoms with van der Waals surface area (Å²) in [5.41, 5.74) is 5.96. The lowest BCUT2D eigenvalue weighted by molar-refractivity contribution is 0.0957. The Bertz CT molecular complexity index is 385. The van der Waals surface area contributed by atoms with E-state index in [9.17, 15) is 4.79 Å². The number of nitrogens with one attached hydrogen (secondary N) is 2. The minimum atomic E-state index is -0.237. The maximum atomic E-state index is 11.2. The van der Waals surface area contributed by atoms with Crippen molar-refractivity contribution in [2.45, 2.75) is 18.4 Å². The van der Waals surface area contributed by atoms with Crippen LogP contribution in [0.5, 0.6) is 0 Å². The molecule has 1 amide bonds. The van der Waals surface area contributed by atoms with Crippen LogP contribution in [0.3, 0.4) is 0 Å². The highest BCUT2D eigenvalue weighted by Crippen LogP contribution is 2.37. The van der Waals surface area contributed by atoms with E-state index in [4.69, 9.17) is 5.73 Å². The van der Waals surface area contributed by atoms with Gasteiger partial charge in [-0.3, -0.25) is 4.79 Å². The van der Waals surface area contributed by atoms with Gasteiger partial charge in [0.25, 0.3) is 5.91 Å². The molecule has 1 saturated carbocycles. The van der Waals surface area contributed by atoms with Crippen LogP contribution in [0.1, 0.15) is 23.3 Å². The standard InChI is InChI=1S/C10H15N5O/c1-12-9(16)7-2-3-8(15-14-7)13-10(6-11)4-5-10/h2-3H,4-6,11H2,1H3,(H,12,16)(H,13,15). The molecule has 0 radical (unpaired) electrons. The molecule has 0 aromatic carbocycles. The fourth-order valence-corrected chi connectivity index (χ4v) is 1.45. The first-order valence-corrected chi connectivity index (χ1v) is 5.23. The number of carbonyl (C=O) groups is 1. The summed E-state index contributed by atoms with van der Waals surface area (Å²) in [6.07, 6.45) is 2.12. The number of nitrogens with two attached hydrogens (primary N) is 1. The van der Waals surface area contributed by atoms with Gasteiger partial charge in [0.15, 0.2) is 5.69 Å². The molecule has 1 fully saturated rings. The monoisotopic (exact) mass is 221 g/mol. The van der Waals surface area contributed by atoms with Crippen LogP contribution in [0, 0.1) is 0 Å². The fraction of sp³-hybridized carbons (Fsp3) is 0.500. The Morgan fingerprint density at radius 3 is 2.69 bits per heavy atom. The molecule has 1 aliphatic carbocycles. The maximum absolute atomic E-state index is 11.2. The van der Waals surface area contributed by atoms with Crippen LogP contribution in [0.2, 0.25) is 0 Å². The molecule has 16 heavy (non-hydrogen) atoms. The van der Waals surface area contributed by atoms with E-state index in [1.807, 2.05) is 0 Å². The minimum absolute atomic E-state index is 0.00319. The van der Waals surface area contributed by atoms with E-state index >= 15 is 0 Å². The number of hydrogen-bond acceptors (Lipinski definition) is 5. The van der Waals surface area contributed by atoms with Crippen molar-refractivity contribution in [3.05, 3.63) is 17.8 Å². The zero-order valence-corrected chi connectivity index (χ0v) is 9.16. The molecule has 1 heterocycles. The van der Waals surface area contributed by atoms with Crippen molar-refractivity contribution in [3.63, 3.8) is 0 Å². The van der Waals surface area contributed by atoms with Gasteiger partial charge in [0, 0.05) is 13.6 Å². The number of carbonyl (C=O) groups excluding carboxylic acids is 1. The summed E-state index contributed by atoms with van der Waals surface area (Å²) in [5, 5.41) is 13.5. The maximum Gasteiger partial charge on any atom is 0.271 e. The summed E-state index contributed by atoms with van der Waals surface area (Å²) in [7, 11) is 1.56. The number of nitrogens with zero attached hydrogens (tertiary/aromatic N) is 2. The second kappa shape index (κ2) is 4.05. The third kappa shape index (κ3) is 2.11. The van der Waals surface area contributed by atoms with Gasteiger partial charge in [0.2, 0.25) is 0 Å². The van der Waals surface area contributed by atoms with Crippen molar-refractivity contribution >= 4 is 11.7 Å². The molecule has 6 nitrogen and oxygen atoms in total. The highest BCUT2D eigenvalue weighted by molar-refractivity contribution is 5.91. The molecule has 6 heteroatoms. The topological polar surface area (TPSA) is 92.9 Å². The Balaban J connectivity index is 2.05. The molecule has 1 aliphatic rings. The van der Waals surface area contributed by atoms with Crippen LogP contribution in [0.25, 0.3) is 0 Å². The van der Waals surface area contributed by atoms with Crippen LogP contribution in [0.15, 0.2) is 12.1 Å². The van der Waals surface area contributed by atoms with Crippen molar-refractivity contribution in [1.29, 1.82) is 0 Å². The molecule has 0 saturated heterocycles. The predicted octanol–water partition coefficient (Wildman–Crippen LogP) is -0.261. The van der Waals surface area contributed by atoms with E-state index < -0.39 is 0 Å². The summed E-state index contributed by atoms with van der Waals surface area (Å²) in [5.74, 6) is 0.426. The van der Waals surface area contributed by atoms with E-state index in [1.165, 1.54) is 0 Å². The lowest BCUT2D eigenvalue weighted by atomic mass is 10.2. The molecule has 0 spiro atoms. The smallest absolute Gasteiger partial charge is 0.271 e. The Kier molecular flexibility index (Phi) is 2.74.